The molecular weight excluding hydrogens is 327 g/mol. The van der Waals surface area contributed by atoms with Crippen LogP contribution in [0.4, 0.5) is 9.52 Å². The van der Waals surface area contributed by atoms with Crippen LogP contribution in [0.15, 0.2) is 47.4 Å². The maximum Gasteiger partial charge on any atom is 0.263 e. The van der Waals surface area contributed by atoms with E-state index in [1.807, 2.05) is 0 Å². The molecule has 0 saturated heterocycles. The smallest absolute Gasteiger partial charge is 0.263 e. The Morgan fingerprint density at radius 1 is 1.18 bits per heavy atom. The second kappa shape index (κ2) is 5.54. The van der Waals surface area contributed by atoms with Crippen LogP contribution in [-0.2, 0) is 10.0 Å². The minimum atomic E-state index is -3.79. The maximum absolute atomic E-state index is 12.9. The molecule has 1 heterocycles. The fraction of sp³-hybridized carbons (Fsp3) is 0.0714. The molecule has 0 bridgehead atoms. The van der Waals surface area contributed by atoms with Crippen LogP contribution in [0, 0.1) is 5.82 Å². The molecule has 0 atom stereocenters. The Kier molecular flexibility index (Phi) is 3.71. The van der Waals surface area contributed by atoms with Crippen molar-refractivity contribution in [1.29, 1.82) is 0 Å². The Morgan fingerprint density at radius 3 is 2.59 bits per heavy atom. The van der Waals surface area contributed by atoms with Gasteiger partial charge in [0.05, 0.1) is 22.2 Å². The van der Waals surface area contributed by atoms with E-state index in [-0.39, 0.29) is 10.0 Å². The number of aromatic nitrogens is 1. The Labute approximate surface area is 130 Å². The summed E-state index contributed by atoms with van der Waals surface area (Å²) in [5, 5.41) is 0.243. The van der Waals surface area contributed by atoms with E-state index in [1.165, 1.54) is 23.5 Å². The maximum atomic E-state index is 12.9. The number of hydrogen-bond donors (Lipinski definition) is 1. The van der Waals surface area contributed by atoms with Gasteiger partial charge in [0.15, 0.2) is 5.13 Å². The van der Waals surface area contributed by atoms with Gasteiger partial charge >= 0.3 is 0 Å². The SMILES string of the molecule is COc1ccc2nc(NS(=O)(=O)c3ccc(F)cc3)sc2c1. The molecule has 114 valence electrons. The highest BCUT2D eigenvalue weighted by Gasteiger charge is 2.16. The lowest BCUT2D eigenvalue weighted by Crippen LogP contribution is -2.12. The number of sulfonamides is 1. The summed E-state index contributed by atoms with van der Waals surface area (Å²) in [5.74, 6) is 0.176. The largest absolute Gasteiger partial charge is 0.497 e. The molecule has 0 spiro atoms. The Bertz CT molecular complexity index is 921. The van der Waals surface area contributed by atoms with Gasteiger partial charge in [-0.05, 0) is 42.5 Å². The molecule has 0 saturated carbocycles. The highest BCUT2D eigenvalue weighted by Crippen LogP contribution is 2.30. The van der Waals surface area contributed by atoms with Gasteiger partial charge in [0.2, 0.25) is 0 Å². The number of benzene rings is 2. The lowest BCUT2D eigenvalue weighted by atomic mass is 10.3. The first-order chi connectivity index (χ1) is 10.5. The monoisotopic (exact) mass is 338 g/mol. The van der Waals surface area contributed by atoms with Crippen LogP contribution in [0.3, 0.4) is 0 Å². The third-order valence-corrected chi connectivity index (χ3v) is 5.36. The first kappa shape index (κ1) is 14.7. The summed E-state index contributed by atoms with van der Waals surface area (Å²) in [4.78, 5) is 4.19. The van der Waals surface area contributed by atoms with Crippen molar-refractivity contribution in [3.8, 4) is 5.75 Å². The predicted octanol–water partition coefficient (Wildman–Crippen LogP) is 3.24. The fourth-order valence-electron chi connectivity index (χ4n) is 1.86. The molecule has 0 amide bonds. The molecule has 0 radical (unpaired) electrons. The molecule has 0 aliphatic rings. The Morgan fingerprint density at radius 2 is 1.91 bits per heavy atom. The van der Waals surface area contributed by atoms with Gasteiger partial charge in [0.25, 0.3) is 10.0 Å². The van der Waals surface area contributed by atoms with Crippen LogP contribution in [-0.4, -0.2) is 20.5 Å². The van der Waals surface area contributed by atoms with Gasteiger partial charge in [0, 0.05) is 0 Å². The molecule has 3 aromatic rings. The van der Waals surface area contributed by atoms with Crippen molar-refractivity contribution in [2.45, 2.75) is 4.90 Å². The number of nitrogens with one attached hydrogen (secondary N) is 1. The summed E-state index contributed by atoms with van der Waals surface area (Å²) in [5.41, 5.74) is 0.669. The van der Waals surface area contributed by atoms with Gasteiger partial charge in [0.1, 0.15) is 11.6 Å². The molecular formula is C14H11FN2O3S2. The van der Waals surface area contributed by atoms with Crippen molar-refractivity contribution in [2.75, 3.05) is 11.8 Å². The van der Waals surface area contributed by atoms with E-state index >= 15 is 0 Å². The van der Waals surface area contributed by atoms with Crippen LogP contribution < -0.4 is 9.46 Å². The first-order valence-corrected chi connectivity index (χ1v) is 8.51. The lowest BCUT2D eigenvalue weighted by molar-refractivity contribution is 0.415. The molecule has 1 N–H and O–H groups in total. The van der Waals surface area contributed by atoms with Crippen molar-refractivity contribution in [3.05, 3.63) is 48.3 Å². The van der Waals surface area contributed by atoms with Crippen LogP contribution in [0.1, 0.15) is 0 Å². The minimum absolute atomic E-state index is 0.0225. The van der Waals surface area contributed by atoms with E-state index in [1.54, 1.807) is 25.3 Å². The molecule has 0 fully saturated rings. The second-order valence-electron chi connectivity index (χ2n) is 4.41. The number of thiazole rings is 1. The lowest BCUT2D eigenvalue weighted by Gasteiger charge is -2.04. The number of nitrogens with zero attached hydrogens (tertiary/aromatic N) is 1. The van der Waals surface area contributed by atoms with Crippen molar-refractivity contribution in [2.24, 2.45) is 0 Å². The number of hydrogen-bond acceptors (Lipinski definition) is 5. The zero-order chi connectivity index (χ0) is 15.7. The number of halogens is 1. The predicted molar refractivity (Wildman–Crippen MR) is 83.4 cm³/mol. The van der Waals surface area contributed by atoms with E-state index < -0.39 is 15.8 Å². The average Bonchev–Trinajstić information content (AvgIpc) is 2.87. The molecule has 22 heavy (non-hydrogen) atoms. The van der Waals surface area contributed by atoms with Gasteiger partial charge in [-0.3, -0.25) is 4.72 Å². The molecule has 0 unspecified atom stereocenters. The molecule has 0 aliphatic carbocycles. The van der Waals surface area contributed by atoms with Gasteiger partial charge in [-0.25, -0.2) is 17.8 Å². The molecule has 8 heteroatoms. The van der Waals surface area contributed by atoms with Gasteiger partial charge < -0.3 is 4.74 Å². The van der Waals surface area contributed by atoms with E-state index in [0.29, 0.717) is 11.3 Å². The van der Waals surface area contributed by atoms with Crippen molar-refractivity contribution < 1.29 is 17.5 Å². The molecule has 0 aliphatic heterocycles. The molecule has 2 aromatic carbocycles. The topological polar surface area (TPSA) is 68.3 Å². The second-order valence-corrected chi connectivity index (χ2v) is 7.13. The van der Waals surface area contributed by atoms with E-state index in [9.17, 15) is 12.8 Å². The third kappa shape index (κ3) is 2.88. The fourth-order valence-corrected chi connectivity index (χ4v) is 3.99. The Hall–Kier alpha value is -2.19. The number of rotatable bonds is 4. The van der Waals surface area contributed by atoms with E-state index in [2.05, 4.69) is 9.71 Å². The van der Waals surface area contributed by atoms with Crippen molar-refractivity contribution in [1.82, 2.24) is 4.98 Å². The zero-order valence-electron chi connectivity index (χ0n) is 11.4. The molecule has 5 nitrogen and oxygen atoms in total. The number of methoxy groups -OCH3 is 1. The normalized spacial score (nSPS) is 11.5. The van der Waals surface area contributed by atoms with Crippen molar-refractivity contribution in [3.63, 3.8) is 0 Å². The summed E-state index contributed by atoms with van der Waals surface area (Å²) >= 11 is 1.20. The summed E-state index contributed by atoms with van der Waals surface area (Å²) in [6.07, 6.45) is 0. The number of anilines is 1. The van der Waals surface area contributed by atoms with Crippen LogP contribution in [0.25, 0.3) is 10.2 Å². The van der Waals surface area contributed by atoms with Gasteiger partial charge in [-0.1, -0.05) is 11.3 Å². The zero-order valence-corrected chi connectivity index (χ0v) is 13.0. The quantitative estimate of drug-likeness (QED) is 0.793. The van der Waals surface area contributed by atoms with E-state index in [0.717, 1.165) is 16.8 Å². The summed E-state index contributed by atoms with van der Waals surface area (Å²) in [7, 11) is -2.24. The number of ether oxygens (including phenoxy) is 1. The van der Waals surface area contributed by atoms with Crippen LogP contribution in [0.2, 0.25) is 0 Å². The summed E-state index contributed by atoms with van der Waals surface area (Å²) < 4.78 is 45.6. The van der Waals surface area contributed by atoms with Gasteiger partial charge in [-0.15, -0.1) is 0 Å². The Balaban J connectivity index is 1.93. The van der Waals surface area contributed by atoms with Gasteiger partial charge in [-0.2, -0.15) is 0 Å². The minimum Gasteiger partial charge on any atom is -0.497 e. The standard InChI is InChI=1S/C14H11FN2O3S2/c1-20-10-4-7-12-13(8-10)21-14(16-12)17-22(18,19)11-5-2-9(15)3-6-11/h2-8H,1H3,(H,16,17). The molecule has 1 aromatic heterocycles. The van der Waals surface area contributed by atoms with E-state index in [4.69, 9.17) is 4.74 Å². The van der Waals surface area contributed by atoms with Crippen LogP contribution >= 0.6 is 11.3 Å². The first-order valence-electron chi connectivity index (χ1n) is 6.21. The van der Waals surface area contributed by atoms with Crippen molar-refractivity contribution >= 4 is 36.7 Å². The highest BCUT2D eigenvalue weighted by molar-refractivity contribution is 7.93. The average molecular weight is 338 g/mol. The molecule has 3 rings (SSSR count). The number of fused-ring (bicyclic) bond motifs is 1. The summed E-state index contributed by atoms with van der Waals surface area (Å²) in [6.45, 7) is 0. The van der Waals surface area contributed by atoms with Crippen LogP contribution in [0.5, 0.6) is 5.75 Å². The summed E-state index contributed by atoms with van der Waals surface area (Å²) in [6, 6.07) is 9.88. The highest BCUT2D eigenvalue weighted by atomic mass is 32.2. The third-order valence-electron chi connectivity index (χ3n) is 2.94.